The molecule has 342 valence electrons. The average Bonchev–Trinajstić information content (AvgIpc) is 3.29. The van der Waals surface area contributed by atoms with Gasteiger partial charge in [0.15, 0.2) is 11.6 Å². The standard InChI is InChI=1S/C45H39Cl5N8O8/c1-23(59)40(57-55-34-13-5-9-27(38(34)49)42(61)53-32-11-7-15-36(65-3)29(32)21-47)44(63)51-26-17-18-31(25(19-26)20-46)52-45(64)41(24(2)60)58-56-35-14-6-10-28(39(35)50)43(62)54-33-12-8-16-37(66-4)30(33)22-48/h5-19,40-41H,20-22H2,1-4H3,(H,51,63)(H,52,64)(H,53,61)(H,54,62). The van der Waals surface area contributed by atoms with Gasteiger partial charge in [0.25, 0.3) is 23.6 Å². The largest absolute Gasteiger partial charge is 0.496 e. The second-order valence-electron chi connectivity index (χ2n) is 13.9. The molecule has 21 heteroatoms. The number of nitrogens with zero attached hydrogens (tertiary/aromatic N) is 4. The molecule has 5 aromatic carbocycles. The molecule has 0 aliphatic heterocycles. The summed E-state index contributed by atoms with van der Waals surface area (Å²) in [6.07, 6.45) is 0. The van der Waals surface area contributed by atoms with Crippen LogP contribution < -0.4 is 30.7 Å². The Kier molecular flexibility index (Phi) is 18.1. The molecule has 0 heterocycles. The number of methoxy groups -OCH3 is 2. The highest BCUT2D eigenvalue weighted by Gasteiger charge is 2.27. The zero-order valence-electron chi connectivity index (χ0n) is 35.4. The second kappa shape index (κ2) is 23.7. The van der Waals surface area contributed by atoms with Gasteiger partial charge >= 0.3 is 0 Å². The number of carbonyl (C=O) groups is 6. The summed E-state index contributed by atoms with van der Waals surface area (Å²) in [5.41, 5.74) is 2.64. The molecule has 0 saturated heterocycles. The van der Waals surface area contributed by atoms with Gasteiger partial charge in [0, 0.05) is 39.8 Å². The van der Waals surface area contributed by atoms with Crippen LogP contribution in [0.25, 0.3) is 0 Å². The van der Waals surface area contributed by atoms with Crippen molar-refractivity contribution in [3.05, 3.63) is 129 Å². The van der Waals surface area contributed by atoms with Gasteiger partial charge in [-0.15, -0.1) is 34.8 Å². The van der Waals surface area contributed by atoms with Crippen molar-refractivity contribution in [2.45, 2.75) is 43.6 Å². The van der Waals surface area contributed by atoms with E-state index in [2.05, 4.69) is 41.7 Å². The maximum Gasteiger partial charge on any atom is 0.258 e. The van der Waals surface area contributed by atoms with Gasteiger partial charge in [0.05, 0.1) is 47.2 Å². The third kappa shape index (κ3) is 12.3. The number of hydrogen-bond acceptors (Lipinski definition) is 12. The van der Waals surface area contributed by atoms with E-state index in [0.29, 0.717) is 39.6 Å². The van der Waals surface area contributed by atoms with E-state index in [4.69, 9.17) is 67.5 Å². The fourth-order valence-electron chi connectivity index (χ4n) is 6.14. The van der Waals surface area contributed by atoms with Gasteiger partial charge in [-0.25, -0.2) is 0 Å². The van der Waals surface area contributed by atoms with Crippen molar-refractivity contribution in [1.29, 1.82) is 0 Å². The summed E-state index contributed by atoms with van der Waals surface area (Å²) in [4.78, 5) is 78.6. The normalized spacial score (nSPS) is 12.0. The number of ketones is 2. The Bertz CT molecular complexity index is 2750. The van der Waals surface area contributed by atoms with Crippen molar-refractivity contribution in [3.8, 4) is 11.5 Å². The van der Waals surface area contributed by atoms with Crippen LogP contribution >= 0.6 is 58.0 Å². The Morgan fingerprint density at radius 3 is 1.39 bits per heavy atom. The molecule has 0 aliphatic carbocycles. The summed E-state index contributed by atoms with van der Waals surface area (Å²) in [6, 6.07) is 19.9. The molecule has 66 heavy (non-hydrogen) atoms. The van der Waals surface area contributed by atoms with E-state index in [-0.39, 0.29) is 61.6 Å². The van der Waals surface area contributed by atoms with Gasteiger partial charge in [-0.05, 0) is 86.1 Å². The minimum Gasteiger partial charge on any atom is -0.496 e. The van der Waals surface area contributed by atoms with Crippen molar-refractivity contribution in [2.75, 3.05) is 35.5 Å². The third-order valence-electron chi connectivity index (χ3n) is 9.52. The maximum absolute atomic E-state index is 13.4. The minimum absolute atomic E-state index is 0.00235. The monoisotopic (exact) mass is 994 g/mol. The van der Waals surface area contributed by atoms with E-state index in [1.54, 1.807) is 36.4 Å². The van der Waals surface area contributed by atoms with Crippen LogP contribution in [0.5, 0.6) is 11.5 Å². The average molecular weight is 997 g/mol. The summed E-state index contributed by atoms with van der Waals surface area (Å²) < 4.78 is 10.7. The van der Waals surface area contributed by atoms with Crippen molar-refractivity contribution < 1.29 is 38.2 Å². The van der Waals surface area contributed by atoms with Gasteiger partial charge in [0.1, 0.15) is 22.9 Å². The molecule has 0 spiro atoms. The lowest BCUT2D eigenvalue weighted by atomic mass is 10.1. The molecular formula is C45H39Cl5N8O8. The molecule has 4 N–H and O–H groups in total. The number of anilines is 4. The Balaban J connectivity index is 1.27. The topological polar surface area (TPSA) is 218 Å². The first-order valence-corrected chi connectivity index (χ1v) is 21.8. The fraction of sp³-hybridized carbons (Fsp3) is 0.200. The number of benzene rings is 5. The van der Waals surface area contributed by atoms with Crippen molar-refractivity contribution in [2.24, 2.45) is 20.5 Å². The van der Waals surface area contributed by atoms with E-state index < -0.39 is 47.3 Å². The highest BCUT2D eigenvalue weighted by molar-refractivity contribution is 6.37. The lowest BCUT2D eigenvalue weighted by Crippen LogP contribution is -2.32. The summed E-state index contributed by atoms with van der Waals surface area (Å²) >= 11 is 31.5. The van der Waals surface area contributed by atoms with Gasteiger partial charge in [-0.1, -0.05) is 47.5 Å². The Morgan fingerprint density at radius 2 is 0.985 bits per heavy atom. The molecule has 0 fully saturated rings. The van der Waals surface area contributed by atoms with Gasteiger partial charge in [-0.2, -0.15) is 20.5 Å². The number of nitrogens with one attached hydrogen (secondary N) is 4. The molecule has 0 aromatic heterocycles. The van der Waals surface area contributed by atoms with Crippen LogP contribution in [0.1, 0.15) is 51.3 Å². The van der Waals surface area contributed by atoms with Crippen molar-refractivity contribution in [1.82, 2.24) is 0 Å². The van der Waals surface area contributed by atoms with E-state index in [9.17, 15) is 28.8 Å². The summed E-state index contributed by atoms with van der Waals surface area (Å²) in [7, 11) is 2.96. The highest BCUT2D eigenvalue weighted by Crippen LogP contribution is 2.34. The van der Waals surface area contributed by atoms with E-state index in [0.717, 1.165) is 13.8 Å². The molecular weight excluding hydrogens is 958 g/mol. The fourth-order valence-corrected chi connectivity index (χ4v) is 7.41. The van der Waals surface area contributed by atoms with Crippen molar-refractivity contribution in [3.63, 3.8) is 0 Å². The van der Waals surface area contributed by atoms with Crippen LogP contribution in [0, 0.1) is 0 Å². The lowest BCUT2D eigenvalue weighted by Gasteiger charge is -2.15. The molecule has 0 saturated carbocycles. The Labute approximate surface area is 403 Å². The molecule has 0 aliphatic rings. The van der Waals surface area contributed by atoms with E-state index in [1.165, 1.54) is 68.8 Å². The molecule has 5 aromatic rings. The molecule has 2 unspecified atom stereocenters. The number of hydrogen-bond donors (Lipinski definition) is 4. The van der Waals surface area contributed by atoms with Gasteiger partial charge in [0.2, 0.25) is 12.1 Å². The maximum atomic E-state index is 13.4. The Hall–Kier alpha value is -6.43. The summed E-state index contributed by atoms with van der Waals surface area (Å²) in [5, 5.41) is 26.5. The van der Waals surface area contributed by atoms with Crippen LogP contribution in [0.2, 0.25) is 10.0 Å². The summed E-state index contributed by atoms with van der Waals surface area (Å²) in [6.45, 7) is 2.29. The molecule has 16 nitrogen and oxygen atoms in total. The van der Waals surface area contributed by atoms with Gasteiger partial charge < -0.3 is 30.7 Å². The Morgan fingerprint density at radius 1 is 0.545 bits per heavy atom. The first-order valence-electron chi connectivity index (χ1n) is 19.4. The van der Waals surface area contributed by atoms with Crippen LogP contribution in [0.15, 0.2) is 111 Å². The van der Waals surface area contributed by atoms with Crippen molar-refractivity contribution >= 4 is 127 Å². The predicted molar refractivity (Wildman–Crippen MR) is 255 cm³/mol. The second-order valence-corrected chi connectivity index (χ2v) is 15.4. The third-order valence-corrected chi connectivity index (χ3v) is 11.1. The number of carbonyl (C=O) groups excluding carboxylic acids is 6. The minimum atomic E-state index is -1.65. The molecule has 0 radical (unpaired) electrons. The number of Topliss-reactive ketones (excluding diaryl/α,β-unsaturated/α-hetero) is 2. The predicted octanol–water partition coefficient (Wildman–Crippen LogP) is 11.1. The van der Waals surface area contributed by atoms with Crippen LogP contribution in [0.3, 0.4) is 0 Å². The van der Waals surface area contributed by atoms with E-state index >= 15 is 0 Å². The lowest BCUT2D eigenvalue weighted by molar-refractivity contribution is -0.127. The van der Waals surface area contributed by atoms with Crippen LogP contribution in [-0.2, 0) is 36.8 Å². The molecule has 4 amide bonds. The molecule has 2 atom stereocenters. The zero-order chi connectivity index (χ0) is 48.1. The number of azo groups is 2. The van der Waals surface area contributed by atoms with Crippen LogP contribution in [0.4, 0.5) is 34.1 Å². The number of halogens is 5. The number of alkyl halides is 3. The smallest absolute Gasteiger partial charge is 0.258 e. The first kappa shape index (κ1) is 50.6. The van der Waals surface area contributed by atoms with Gasteiger partial charge in [-0.3, -0.25) is 28.8 Å². The number of ether oxygens (including phenoxy) is 2. The first-order chi connectivity index (χ1) is 31.6. The number of rotatable bonds is 19. The molecule has 0 bridgehead atoms. The zero-order valence-corrected chi connectivity index (χ0v) is 39.2. The summed E-state index contributed by atoms with van der Waals surface area (Å²) in [5.74, 6) is -3.33. The highest BCUT2D eigenvalue weighted by atomic mass is 35.5. The SMILES string of the molecule is COc1cccc(NC(=O)c2cccc(N=NC(C(C)=O)C(=O)Nc3ccc(NC(=O)C(N=Nc4cccc(C(=O)Nc5cccc(OC)c5CCl)c4Cl)C(C)=O)c(CCl)c3)c2Cl)c1CCl. The van der Waals surface area contributed by atoms with E-state index in [1.807, 2.05) is 0 Å². The molecule has 5 rings (SSSR count). The quantitative estimate of drug-likeness (QED) is 0.0353. The van der Waals surface area contributed by atoms with Crippen LogP contribution in [-0.4, -0.2) is 61.5 Å². The number of amides is 4.